The number of hydrogen-bond acceptors (Lipinski definition) is 1. The molecule has 0 fully saturated rings. The minimum absolute atomic E-state index is 0.170. The maximum atomic E-state index is 13.3. The molecule has 0 aromatic heterocycles. The van der Waals surface area contributed by atoms with Crippen LogP contribution in [-0.4, -0.2) is 13.1 Å². The Labute approximate surface area is 128 Å². The van der Waals surface area contributed by atoms with E-state index in [0.717, 1.165) is 29.5 Å². The number of hydrogen-bond donors (Lipinski definition) is 1. The fraction of sp³-hybridized carbons (Fsp3) is 0.294. The third-order valence-corrected chi connectivity index (χ3v) is 4.08. The highest BCUT2D eigenvalue weighted by Crippen LogP contribution is 2.27. The standard InChI is InChI=1S/C17H19BrFN/c1-2-20-12-14(16-8-3-4-9-17(16)18)10-13-6-5-7-15(19)11-13/h3-9,11,14,20H,2,10,12H2,1H3. The fourth-order valence-corrected chi connectivity index (χ4v) is 2.97. The van der Waals surface area contributed by atoms with Gasteiger partial charge in [-0.15, -0.1) is 0 Å². The first-order valence-electron chi connectivity index (χ1n) is 6.90. The molecular weight excluding hydrogens is 317 g/mol. The lowest BCUT2D eigenvalue weighted by Gasteiger charge is -2.19. The first-order chi connectivity index (χ1) is 9.70. The molecule has 0 saturated carbocycles. The van der Waals surface area contributed by atoms with Gasteiger partial charge in [0.05, 0.1) is 0 Å². The summed E-state index contributed by atoms with van der Waals surface area (Å²) >= 11 is 3.61. The molecule has 1 nitrogen and oxygen atoms in total. The number of likely N-dealkylation sites (N-methyl/N-ethyl adjacent to an activating group) is 1. The van der Waals surface area contributed by atoms with Crippen LogP contribution in [0.25, 0.3) is 0 Å². The molecule has 1 N–H and O–H groups in total. The fourth-order valence-electron chi connectivity index (χ4n) is 2.37. The Morgan fingerprint density at radius 2 is 1.95 bits per heavy atom. The van der Waals surface area contributed by atoms with E-state index in [1.54, 1.807) is 12.1 Å². The van der Waals surface area contributed by atoms with Crippen molar-refractivity contribution in [1.29, 1.82) is 0 Å². The van der Waals surface area contributed by atoms with E-state index in [1.807, 2.05) is 18.2 Å². The van der Waals surface area contributed by atoms with E-state index in [9.17, 15) is 4.39 Å². The summed E-state index contributed by atoms with van der Waals surface area (Å²) in [5, 5.41) is 3.39. The zero-order valence-electron chi connectivity index (χ0n) is 11.6. The van der Waals surface area contributed by atoms with Crippen molar-refractivity contribution < 1.29 is 4.39 Å². The predicted molar refractivity (Wildman–Crippen MR) is 85.5 cm³/mol. The van der Waals surface area contributed by atoms with Crippen LogP contribution in [0, 0.1) is 5.82 Å². The second-order valence-corrected chi connectivity index (χ2v) is 5.71. The second kappa shape index (κ2) is 7.55. The summed E-state index contributed by atoms with van der Waals surface area (Å²) in [5.41, 5.74) is 2.29. The largest absolute Gasteiger partial charge is 0.316 e. The SMILES string of the molecule is CCNCC(Cc1cccc(F)c1)c1ccccc1Br. The minimum Gasteiger partial charge on any atom is -0.316 e. The zero-order chi connectivity index (χ0) is 14.4. The molecule has 0 bridgehead atoms. The summed E-state index contributed by atoms with van der Waals surface area (Å²) in [4.78, 5) is 0. The number of nitrogens with one attached hydrogen (secondary N) is 1. The molecule has 0 aliphatic heterocycles. The Morgan fingerprint density at radius 3 is 2.65 bits per heavy atom. The van der Waals surface area contributed by atoms with Gasteiger partial charge >= 0.3 is 0 Å². The molecule has 20 heavy (non-hydrogen) atoms. The lowest BCUT2D eigenvalue weighted by atomic mass is 9.92. The molecule has 3 heteroatoms. The lowest BCUT2D eigenvalue weighted by Crippen LogP contribution is -2.23. The van der Waals surface area contributed by atoms with Gasteiger partial charge in [0, 0.05) is 16.9 Å². The minimum atomic E-state index is -0.170. The molecular formula is C17H19BrFN. The van der Waals surface area contributed by atoms with E-state index in [2.05, 4.69) is 40.3 Å². The van der Waals surface area contributed by atoms with Crippen LogP contribution in [0.5, 0.6) is 0 Å². The van der Waals surface area contributed by atoms with Crippen molar-refractivity contribution in [3.63, 3.8) is 0 Å². The molecule has 2 aromatic carbocycles. The normalized spacial score (nSPS) is 12.3. The van der Waals surface area contributed by atoms with Gasteiger partial charge in [-0.05, 0) is 42.3 Å². The number of halogens is 2. The first-order valence-corrected chi connectivity index (χ1v) is 7.69. The van der Waals surface area contributed by atoms with Gasteiger partial charge in [0.1, 0.15) is 5.82 Å². The van der Waals surface area contributed by atoms with Crippen molar-refractivity contribution in [1.82, 2.24) is 5.32 Å². The van der Waals surface area contributed by atoms with Gasteiger partial charge in [0.2, 0.25) is 0 Å². The quantitative estimate of drug-likeness (QED) is 0.818. The third-order valence-electron chi connectivity index (χ3n) is 3.36. The molecule has 1 atom stereocenters. The van der Waals surface area contributed by atoms with Gasteiger partial charge in [0.25, 0.3) is 0 Å². The van der Waals surface area contributed by atoms with E-state index >= 15 is 0 Å². The Hall–Kier alpha value is -1.19. The van der Waals surface area contributed by atoms with Crippen molar-refractivity contribution >= 4 is 15.9 Å². The van der Waals surface area contributed by atoms with Crippen LogP contribution in [0.2, 0.25) is 0 Å². The molecule has 0 amide bonds. The number of rotatable bonds is 6. The molecule has 1 unspecified atom stereocenters. The summed E-state index contributed by atoms with van der Waals surface area (Å²) in [6, 6.07) is 15.1. The third kappa shape index (κ3) is 4.15. The van der Waals surface area contributed by atoms with Gasteiger partial charge < -0.3 is 5.32 Å². The maximum Gasteiger partial charge on any atom is 0.123 e. The Kier molecular flexibility index (Phi) is 5.74. The summed E-state index contributed by atoms with van der Waals surface area (Å²) in [6.07, 6.45) is 0.827. The first kappa shape index (κ1) is 15.2. The highest BCUT2D eigenvalue weighted by molar-refractivity contribution is 9.10. The summed E-state index contributed by atoms with van der Waals surface area (Å²) < 4.78 is 14.4. The average molecular weight is 336 g/mol. The topological polar surface area (TPSA) is 12.0 Å². The number of benzene rings is 2. The highest BCUT2D eigenvalue weighted by atomic mass is 79.9. The molecule has 0 aliphatic carbocycles. The van der Waals surface area contributed by atoms with Crippen LogP contribution < -0.4 is 5.32 Å². The molecule has 0 heterocycles. The molecule has 0 spiro atoms. The van der Waals surface area contributed by atoms with Crippen LogP contribution in [-0.2, 0) is 6.42 Å². The van der Waals surface area contributed by atoms with E-state index in [0.29, 0.717) is 5.92 Å². The lowest BCUT2D eigenvalue weighted by molar-refractivity contribution is 0.587. The van der Waals surface area contributed by atoms with Crippen molar-refractivity contribution in [2.45, 2.75) is 19.3 Å². The van der Waals surface area contributed by atoms with Gasteiger partial charge in [0.15, 0.2) is 0 Å². The van der Waals surface area contributed by atoms with Gasteiger partial charge in [-0.2, -0.15) is 0 Å². The van der Waals surface area contributed by atoms with E-state index in [-0.39, 0.29) is 5.82 Å². The average Bonchev–Trinajstić information content (AvgIpc) is 2.44. The van der Waals surface area contributed by atoms with Crippen molar-refractivity contribution in [3.05, 3.63) is 69.9 Å². The Balaban J connectivity index is 2.22. The highest BCUT2D eigenvalue weighted by Gasteiger charge is 2.14. The van der Waals surface area contributed by atoms with Crippen LogP contribution >= 0.6 is 15.9 Å². The van der Waals surface area contributed by atoms with Gasteiger partial charge in [-0.1, -0.05) is 53.2 Å². The summed E-state index contributed by atoms with van der Waals surface area (Å²) in [7, 11) is 0. The summed E-state index contributed by atoms with van der Waals surface area (Å²) in [6.45, 7) is 3.92. The predicted octanol–water partition coefficient (Wildman–Crippen LogP) is 4.52. The monoisotopic (exact) mass is 335 g/mol. The van der Waals surface area contributed by atoms with Crippen LogP contribution in [0.3, 0.4) is 0 Å². The maximum absolute atomic E-state index is 13.3. The van der Waals surface area contributed by atoms with Crippen LogP contribution in [0.15, 0.2) is 53.0 Å². The van der Waals surface area contributed by atoms with E-state index in [4.69, 9.17) is 0 Å². The Morgan fingerprint density at radius 1 is 1.15 bits per heavy atom. The van der Waals surface area contributed by atoms with Crippen molar-refractivity contribution in [3.8, 4) is 0 Å². The van der Waals surface area contributed by atoms with Crippen molar-refractivity contribution in [2.75, 3.05) is 13.1 Å². The van der Waals surface area contributed by atoms with Gasteiger partial charge in [-0.25, -0.2) is 4.39 Å². The molecule has 2 aromatic rings. The smallest absolute Gasteiger partial charge is 0.123 e. The van der Waals surface area contributed by atoms with Crippen LogP contribution in [0.1, 0.15) is 24.0 Å². The van der Waals surface area contributed by atoms with Gasteiger partial charge in [-0.3, -0.25) is 0 Å². The molecule has 0 aliphatic rings. The molecule has 2 rings (SSSR count). The molecule has 0 saturated heterocycles. The second-order valence-electron chi connectivity index (χ2n) is 4.86. The Bertz CT molecular complexity index is 556. The zero-order valence-corrected chi connectivity index (χ0v) is 13.2. The van der Waals surface area contributed by atoms with Crippen molar-refractivity contribution in [2.24, 2.45) is 0 Å². The summed E-state index contributed by atoms with van der Waals surface area (Å²) in [5.74, 6) is 0.157. The van der Waals surface area contributed by atoms with Crippen LogP contribution in [0.4, 0.5) is 4.39 Å². The molecule has 0 radical (unpaired) electrons. The van der Waals surface area contributed by atoms with E-state index in [1.165, 1.54) is 11.6 Å². The molecule has 106 valence electrons. The van der Waals surface area contributed by atoms with E-state index < -0.39 is 0 Å².